The number of fused-ring (bicyclic) bond motifs is 1. The molecule has 0 aliphatic carbocycles. The van der Waals surface area contributed by atoms with Gasteiger partial charge in [-0.3, -0.25) is 14.2 Å². The van der Waals surface area contributed by atoms with Crippen LogP contribution in [0.15, 0.2) is 59.5 Å². The van der Waals surface area contributed by atoms with E-state index in [-0.39, 0.29) is 16.7 Å². The van der Waals surface area contributed by atoms with Gasteiger partial charge in [0.05, 0.1) is 16.2 Å². The number of allylic oxidation sites excluding steroid dienone is 1. The molecule has 6 heteroatoms. The summed E-state index contributed by atoms with van der Waals surface area (Å²) in [6.45, 7) is 9.79. The molecule has 1 heterocycles. The maximum absolute atomic E-state index is 12.6. The molecule has 2 rings (SSSR count). The second kappa shape index (κ2) is 7.78. The first-order valence-corrected chi connectivity index (χ1v) is 8.12. The summed E-state index contributed by atoms with van der Waals surface area (Å²) < 4.78 is 1.54. The van der Waals surface area contributed by atoms with Crippen molar-refractivity contribution in [3.63, 3.8) is 0 Å². The van der Waals surface area contributed by atoms with Crippen molar-refractivity contribution >= 4 is 28.6 Å². The Bertz CT molecular complexity index is 798. The Kier molecular flexibility index (Phi) is 5.76. The van der Waals surface area contributed by atoms with Crippen molar-refractivity contribution in [3.05, 3.63) is 59.9 Å². The van der Waals surface area contributed by atoms with Crippen LogP contribution in [0.5, 0.6) is 0 Å². The van der Waals surface area contributed by atoms with Crippen LogP contribution in [-0.4, -0.2) is 27.3 Å². The van der Waals surface area contributed by atoms with Gasteiger partial charge in [-0.25, -0.2) is 4.98 Å². The van der Waals surface area contributed by atoms with Crippen molar-refractivity contribution in [2.75, 3.05) is 6.54 Å². The van der Waals surface area contributed by atoms with Gasteiger partial charge in [0, 0.05) is 13.1 Å². The predicted octanol–water partition coefficient (Wildman–Crippen LogP) is 2.37. The summed E-state index contributed by atoms with van der Waals surface area (Å²) in [6.07, 6.45) is 3.27. The van der Waals surface area contributed by atoms with E-state index in [2.05, 4.69) is 23.5 Å². The molecule has 0 aliphatic rings. The number of amides is 1. The van der Waals surface area contributed by atoms with E-state index in [1.807, 2.05) is 12.1 Å². The summed E-state index contributed by atoms with van der Waals surface area (Å²) in [5.41, 5.74) is 0.496. The van der Waals surface area contributed by atoms with E-state index in [0.717, 1.165) is 0 Å². The summed E-state index contributed by atoms with van der Waals surface area (Å²) in [6, 6.07) is 7.18. The molecule has 0 aliphatic heterocycles. The van der Waals surface area contributed by atoms with E-state index in [4.69, 9.17) is 0 Å². The molecule has 1 unspecified atom stereocenters. The zero-order chi connectivity index (χ0) is 16.8. The molecule has 1 N–H and O–H groups in total. The van der Waals surface area contributed by atoms with E-state index in [1.165, 1.54) is 16.3 Å². The van der Waals surface area contributed by atoms with Gasteiger partial charge >= 0.3 is 0 Å². The van der Waals surface area contributed by atoms with Gasteiger partial charge in [0.25, 0.3) is 5.56 Å². The van der Waals surface area contributed by atoms with Crippen LogP contribution in [0.25, 0.3) is 10.9 Å². The molecule has 0 spiro atoms. The summed E-state index contributed by atoms with van der Waals surface area (Å²) in [5, 5.41) is 3.43. The first-order valence-electron chi connectivity index (χ1n) is 7.24. The molecule has 120 valence electrons. The van der Waals surface area contributed by atoms with Crippen LogP contribution in [0.3, 0.4) is 0 Å². The number of carbonyl (C=O) groups excluding carboxylic acids is 1. The summed E-state index contributed by atoms with van der Waals surface area (Å²) in [4.78, 5) is 29.2. The monoisotopic (exact) mass is 329 g/mol. The molecule has 1 atom stereocenters. The van der Waals surface area contributed by atoms with Gasteiger partial charge in [-0.2, -0.15) is 0 Å². The Balaban J connectivity index is 2.40. The van der Waals surface area contributed by atoms with Crippen molar-refractivity contribution in [1.82, 2.24) is 14.9 Å². The minimum absolute atomic E-state index is 0.123. The van der Waals surface area contributed by atoms with Crippen molar-refractivity contribution in [1.29, 1.82) is 0 Å². The van der Waals surface area contributed by atoms with E-state index in [9.17, 15) is 9.59 Å². The second-order valence-electron chi connectivity index (χ2n) is 4.91. The molecule has 0 saturated carbocycles. The highest BCUT2D eigenvalue weighted by atomic mass is 32.2. The van der Waals surface area contributed by atoms with Crippen molar-refractivity contribution in [3.8, 4) is 0 Å². The largest absolute Gasteiger partial charge is 0.352 e. The third-order valence-electron chi connectivity index (χ3n) is 3.21. The highest BCUT2D eigenvalue weighted by Gasteiger charge is 2.18. The van der Waals surface area contributed by atoms with E-state index in [1.54, 1.807) is 31.2 Å². The van der Waals surface area contributed by atoms with Gasteiger partial charge in [0.1, 0.15) is 0 Å². The highest BCUT2D eigenvalue weighted by molar-refractivity contribution is 8.00. The third kappa shape index (κ3) is 3.90. The van der Waals surface area contributed by atoms with Crippen LogP contribution < -0.4 is 10.9 Å². The molecule has 23 heavy (non-hydrogen) atoms. The van der Waals surface area contributed by atoms with Crippen molar-refractivity contribution in [2.24, 2.45) is 0 Å². The van der Waals surface area contributed by atoms with Gasteiger partial charge < -0.3 is 5.32 Å². The standard InChI is InChI=1S/C17H19N3O2S/c1-4-10-18-15(21)12(3)23-17-19-14-9-7-6-8-13(14)16(22)20(17)11-5-2/h4-9,12H,1-2,10-11H2,3H3,(H,18,21). The first kappa shape index (κ1) is 17.0. The van der Waals surface area contributed by atoms with Crippen LogP contribution in [0.4, 0.5) is 0 Å². The fourth-order valence-electron chi connectivity index (χ4n) is 2.06. The smallest absolute Gasteiger partial charge is 0.262 e. The highest BCUT2D eigenvalue weighted by Crippen LogP contribution is 2.22. The first-order chi connectivity index (χ1) is 11.1. The summed E-state index contributed by atoms with van der Waals surface area (Å²) >= 11 is 1.26. The number of carbonyl (C=O) groups is 1. The van der Waals surface area contributed by atoms with Gasteiger partial charge in [0.15, 0.2) is 5.16 Å². The number of rotatable bonds is 7. The number of hydrogen-bond donors (Lipinski definition) is 1. The minimum Gasteiger partial charge on any atom is -0.352 e. The quantitative estimate of drug-likeness (QED) is 0.481. The SMILES string of the molecule is C=CCNC(=O)C(C)Sc1nc2ccccc2c(=O)n1CC=C. The number of hydrogen-bond acceptors (Lipinski definition) is 4. The lowest BCUT2D eigenvalue weighted by Gasteiger charge is -2.15. The Hall–Kier alpha value is -2.34. The molecular weight excluding hydrogens is 310 g/mol. The number of thioether (sulfide) groups is 1. The van der Waals surface area contributed by atoms with Crippen LogP contribution in [0.2, 0.25) is 0 Å². The van der Waals surface area contributed by atoms with Crippen LogP contribution in [0, 0.1) is 0 Å². The Morgan fingerprint density at radius 1 is 1.39 bits per heavy atom. The maximum Gasteiger partial charge on any atom is 0.262 e. The Morgan fingerprint density at radius 2 is 2.13 bits per heavy atom. The van der Waals surface area contributed by atoms with E-state index in [0.29, 0.717) is 29.1 Å². The zero-order valence-electron chi connectivity index (χ0n) is 13.0. The Labute approximate surface area is 139 Å². The summed E-state index contributed by atoms with van der Waals surface area (Å²) in [7, 11) is 0. The number of aromatic nitrogens is 2. The molecule has 5 nitrogen and oxygen atoms in total. The lowest BCUT2D eigenvalue weighted by molar-refractivity contribution is -0.120. The number of nitrogens with zero attached hydrogens (tertiary/aromatic N) is 2. The average molecular weight is 329 g/mol. The lowest BCUT2D eigenvalue weighted by atomic mass is 10.2. The maximum atomic E-state index is 12.6. The predicted molar refractivity (Wildman–Crippen MR) is 94.7 cm³/mol. The second-order valence-corrected chi connectivity index (χ2v) is 6.22. The molecule has 2 aromatic rings. The fourth-order valence-corrected chi connectivity index (χ4v) is 3.00. The molecule has 1 amide bonds. The van der Waals surface area contributed by atoms with Crippen LogP contribution in [-0.2, 0) is 11.3 Å². The molecule has 0 fully saturated rings. The number of nitrogens with one attached hydrogen (secondary N) is 1. The molecule has 0 saturated heterocycles. The van der Waals surface area contributed by atoms with Crippen LogP contribution in [0.1, 0.15) is 6.92 Å². The van der Waals surface area contributed by atoms with Crippen molar-refractivity contribution < 1.29 is 4.79 Å². The van der Waals surface area contributed by atoms with Crippen molar-refractivity contribution in [2.45, 2.75) is 23.9 Å². The minimum atomic E-state index is -0.376. The summed E-state index contributed by atoms with van der Waals surface area (Å²) in [5.74, 6) is -0.123. The topological polar surface area (TPSA) is 64.0 Å². The fraction of sp³-hybridized carbons (Fsp3) is 0.235. The number of para-hydroxylation sites is 1. The molecule has 1 aromatic heterocycles. The number of benzene rings is 1. The van der Waals surface area contributed by atoms with Crippen LogP contribution >= 0.6 is 11.8 Å². The molecule has 0 bridgehead atoms. The van der Waals surface area contributed by atoms with Gasteiger partial charge in [0.2, 0.25) is 5.91 Å². The average Bonchev–Trinajstić information content (AvgIpc) is 2.56. The normalized spacial score (nSPS) is 11.9. The third-order valence-corrected chi connectivity index (χ3v) is 4.30. The van der Waals surface area contributed by atoms with Gasteiger partial charge in [-0.15, -0.1) is 13.2 Å². The lowest BCUT2D eigenvalue weighted by Crippen LogP contribution is -2.32. The molecule has 1 aromatic carbocycles. The molecule has 0 radical (unpaired) electrons. The van der Waals surface area contributed by atoms with Gasteiger partial charge in [-0.05, 0) is 19.1 Å². The van der Waals surface area contributed by atoms with Gasteiger partial charge in [-0.1, -0.05) is 36.0 Å². The molecular formula is C17H19N3O2S. The van der Waals surface area contributed by atoms with E-state index >= 15 is 0 Å². The van der Waals surface area contributed by atoms with E-state index < -0.39 is 0 Å². The Morgan fingerprint density at radius 3 is 2.83 bits per heavy atom. The zero-order valence-corrected chi connectivity index (χ0v) is 13.8.